The van der Waals surface area contributed by atoms with Crippen LogP contribution in [0.25, 0.3) is 71.8 Å². The molecule has 666 valence electrons. The maximum absolute atomic E-state index is 13.6. The molecule has 9 aliphatic rings. The molecule has 9 aliphatic heterocycles. The molecular weight excluding hydrogens is 1660 g/mol. The Morgan fingerprint density at radius 3 is 1.36 bits per heavy atom. The second kappa shape index (κ2) is 34.6. The number of nitrogens with zero attached hydrogens (tertiary/aromatic N) is 22. The average Bonchev–Trinajstić information content (AvgIpc) is 1.60. The van der Waals surface area contributed by atoms with Gasteiger partial charge in [0.15, 0.2) is 36.8 Å². The second-order valence-electron chi connectivity index (χ2n) is 34.9. The molecule has 8 aromatic heterocycles. The largest absolute Gasteiger partial charge is 0.482 e. The lowest BCUT2D eigenvalue weighted by molar-refractivity contribution is -0.122. The van der Waals surface area contributed by atoms with Gasteiger partial charge >= 0.3 is 0 Å². The second-order valence-corrected chi connectivity index (χ2v) is 34.9. The van der Waals surface area contributed by atoms with E-state index < -0.39 is 0 Å². The molecule has 0 saturated carbocycles. The Morgan fingerprint density at radius 2 is 0.817 bits per heavy atom. The topological polar surface area (TPSA) is 325 Å². The van der Waals surface area contributed by atoms with Gasteiger partial charge in [0.1, 0.15) is 39.2 Å². The first-order chi connectivity index (χ1) is 63.8. The first-order valence-electron chi connectivity index (χ1n) is 44.8. The van der Waals surface area contributed by atoms with E-state index in [1.54, 1.807) is 62.9 Å². The number of allylic oxidation sites excluding steroid dienone is 6. The standard InChI is InChI=1S/C34H34N8O3.C33H33N9O3.C30H32N8O3/c1-38-14-16-39(17-15-38)26-9-7-23-18-25(8-6-24(23)19-26)36-34-35-21-28-32(37-34)42-27-10-11-30-29(20-27)40(31(43)22-45-30)12-4-2-3-5-13-41(42)33(28)44;1-38-14-16-39(17-15-38)29-11-6-22-18-23(7-9-26(22)36-29)35-33-34-20-25-31(37-33)42-24-8-10-28-27(19-24)40(30(43)21-45-28)12-4-2-3-5-13-41(42)32(25)44;1-30(2)23-14-20(9-8-19(23)10-13-35(30)3)33-29-32-17-22-26(34-29)38-21-15-24-27(31-16-21)41-18-25(39)36(24)11-6-4-5-7-12-37(38)28(22)40/h3,5-11,18-21H,2,4,12-17,22H2,1H3,(H,35,36,37);3,5-11,18-20H,2,4,12-17,21H2,1H3,(H,34,35,37);5,7-9,14-17H,4,6,10-13,18H2,1-3H3,(H,32,33,34). The molecule has 2 saturated heterocycles. The van der Waals surface area contributed by atoms with Crippen molar-refractivity contribution in [1.29, 1.82) is 0 Å². The van der Waals surface area contributed by atoms with Crippen LogP contribution in [0, 0.1) is 0 Å². The van der Waals surface area contributed by atoms with Crippen molar-refractivity contribution in [2.45, 2.75) is 84.0 Å². The molecule has 0 atom stereocenters. The number of rotatable bonds is 8. The summed E-state index contributed by atoms with van der Waals surface area (Å²) in [5.41, 5.74) is 12.1. The number of amides is 3. The van der Waals surface area contributed by atoms with Crippen molar-refractivity contribution in [2.24, 2.45) is 0 Å². The molecule has 0 spiro atoms. The number of fused-ring (bicyclic) bond motifs is 18. The Kier molecular flexibility index (Phi) is 21.9. The van der Waals surface area contributed by atoms with E-state index in [0.717, 1.165) is 143 Å². The predicted molar refractivity (Wildman–Crippen MR) is 507 cm³/mol. The third-order valence-electron chi connectivity index (χ3n) is 26.3. The number of likely N-dealkylation sites (N-methyl/N-ethyl adjacent to an activating group) is 3. The zero-order valence-corrected chi connectivity index (χ0v) is 73.6. The number of piperazine rings is 2. The third kappa shape index (κ3) is 16.0. The van der Waals surface area contributed by atoms with Crippen molar-refractivity contribution in [1.82, 2.24) is 82.7 Å². The molecule has 34 nitrogen and oxygen atoms in total. The molecule has 131 heavy (non-hydrogen) atoms. The highest BCUT2D eigenvalue weighted by atomic mass is 16.5. The Balaban J connectivity index is 0.000000119. The normalized spacial score (nSPS) is 17.5. The van der Waals surface area contributed by atoms with E-state index in [2.05, 4.69) is 162 Å². The Hall–Kier alpha value is -14.9. The summed E-state index contributed by atoms with van der Waals surface area (Å²) in [6.07, 6.45) is 24.3. The summed E-state index contributed by atoms with van der Waals surface area (Å²) < 4.78 is 27.4. The first kappa shape index (κ1) is 83.0. The van der Waals surface area contributed by atoms with Gasteiger partial charge in [-0.05, 0) is 211 Å². The summed E-state index contributed by atoms with van der Waals surface area (Å²) in [6.45, 7) is 16.5. The Morgan fingerprint density at radius 1 is 0.374 bits per heavy atom. The fourth-order valence-electron chi connectivity index (χ4n) is 18.7. The lowest BCUT2D eigenvalue weighted by Crippen LogP contribution is -2.44. The third-order valence-corrected chi connectivity index (χ3v) is 26.3. The zero-order valence-electron chi connectivity index (χ0n) is 73.6. The summed E-state index contributed by atoms with van der Waals surface area (Å²) in [5.74, 6) is 3.57. The van der Waals surface area contributed by atoms with E-state index in [1.165, 1.54) is 22.2 Å². The quantitative estimate of drug-likeness (QED) is 0.119. The molecule has 0 unspecified atom stereocenters. The molecule has 23 rings (SSSR count). The molecule has 17 heterocycles. The van der Waals surface area contributed by atoms with Crippen LogP contribution < -0.4 is 71.3 Å². The van der Waals surface area contributed by atoms with Gasteiger partial charge in [-0.3, -0.25) is 33.7 Å². The van der Waals surface area contributed by atoms with Crippen LogP contribution in [0.3, 0.4) is 0 Å². The van der Waals surface area contributed by atoms with Crippen LogP contribution >= 0.6 is 0 Å². The maximum Gasteiger partial charge on any atom is 0.278 e. The van der Waals surface area contributed by atoms with E-state index in [9.17, 15) is 28.8 Å². The van der Waals surface area contributed by atoms with Crippen molar-refractivity contribution in [3.05, 3.63) is 231 Å². The van der Waals surface area contributed by atoms with E-state index in [1.807, 2.05) is 102 Å². The van der Waals surface area contributed by atoms with E-state index in [0.29, 0.717) is 142 Å². The lowest BCUT2D eigenvalue weighted by Gasteiger charge is -2.41. The Bertz CT molecular complexity index is 6910. The zero-order chi connectivity index (χ0) is 89.3. The fourth-order valence-corrected chi connectivity index (χ4v) is 18.7. The van der Waals surface area contributed by atoms with Crippen LogP contribution in [0.15, 0.2) is 203 Å². The van der Waals surface area contributed by atoms with Gasteiger partial charge in [0.2, 0.25) is 23.7 Å². The van der Waals surface area contributed by atoms with Crippen LogP contribution in [0.1, 0.15) is 63.5 Å². The number of aromatic nitrogens is 14. The molecule has 3 N–H and O–H groups in total. The van der Waals surface area contributed by atoms with Gasteiger partial charge in [-0.2, -0.15) is 15.0 Å². The van der Waals surface area contributed by atoms with Crippen molar-refractivity contribution in [2.75, 3.05) is 160 Å². The molecule has 6 bridgehead atoms. The molecule has 3 amide bonds. The van der Waals surface area contributed by atoms with Crippen LogP contribution in [0.5, 0.6) is 17.4 Å². The highest BCUT2D eigenvalue weighted by molar-refractivity contribution is 6.00. The summed E-state index contributed by atoms with van der Waals surface area (Å²) in [6, 6.07) is 42.5. The van der Waals surface area contributed by atoms with Crippen molar-refractivity contribution in [3.8, 4) is 34.4 Å². The van der Waals surface area contributed by atoms with Gasteiger partial charge in [-0.15, -0.1) is 0 Å². The molecule has 2 fully saturated rings. The van der Waals surface area contributed by atoms with E-state index >= 15 is 0 Å². The molecular formula is C97H99N25O9. The van der Waals surface area contributed by atoms with Crippen LogP contribution in [0.4, 0.5) is 63.5 Å². The summed E-state index contributed by atoms with van der Waals surface area (Å²) in [7, 11) is 6.47. The first-order valence-corrected chi connectivity index (χ1v) is 44.8. The summed E-state index contributed by atoms with van der Waals surface area (Å²) >= 11 is 0. The summed E-state index contributed by atoms with van der Waals surface area (Å²) in [4.78, 5) is 134. The average molecular weight is 1760 g/mol. The highest BCUT2D eigenvalue weighted by Crippen LogP contribution is 2.41. The van der Waals surface area contributed by atoms with Gasteiger partial charge in [-0.25, -0.2) is 53.0 Å². The van der Waals surface area contributed by atoms with Gasteiger partial charge in [-0.1, -0.05) is 54.7 Å². The lowest BCUT2D eigenvalue weighted by atomic mass is 9.83. The van der Waals surface area contributed by atoms with Crippen molar-refractivity contribution in [3.63, 3.8) is 0 Å². The number of anilines is 11. The number of hydrogen-bond donors (Lipinski definition) is 3. The minimum atomic E-state index is -0.200. The maximum atomic E-state index is 13.6. The monoisotopic (exact) mass is 1760 g/mol. The van der Waals surface area contributed by atoms with Crippen molar-refractivity contribution < 1.29 is 28.6 Å². The highest BCUT2D eigenvalue weighted by Gasteiger charge is 2.35. The van der Waals surface area contributed by atoms with E-state index in [-0.39, 0.29) is 59.8 Å². The van der Waals surface area contributed by atoms with Gasteiger partial charge in [0.05, 0.1) is 59.8 Å². The molecule has 0 aliphatic carbocycles. The fraction of sp³-hybridized carbons (Fsp3) is 0.320. The van der Waals surface area contributed by atoms with Gasteiger partial charge in [0.25, 0.3) is 34.4 Å². The Labute approximate surface area is 752 Å². The van der Waals surface area contributed by atoms with Crippen LogP contribution in [-0.4, -0.2) is 220 Å². The van der Waals surface area contributed by atoms with Crippen molar-refractivity contribution >= 4 is 136 Å². The summed E-state index contributed by atoms with van der Waals surface area (Å²) in [5, 5.41) is 14.6. The number of carbonyl (C=O) groups excluding carboxylic acids is 3. The molecule has 14 aromatic rings. The van der Waals surface area contributed by atoms with Gasteiger partial charge in [0, 0.05) is 131 Å². The number of hydrogen-bond acceptors (Lipinski definition) is 25. The van der Waals surface area contributed by atoms with Gasteiger partial charge < -0.3 is 64.5 Å². The molecule has 34 heteroatoms. The predicted octanol–water partition coefficient (Wildman–Crippen LogP) is 11.5. The number of benzene rings is 6. The van der Waals surface area contributed by atoms with Crippen LogP contribution in [-0.2, 0) is 46.0 Å². The molecule has 0 radical (unpaired) electrons. The minimum Gasteiger partial charge on any atom is -0.482 e. The number of ether oxygens (including phenoxy) is 3. The SMILES string of the molecule is CN1CCN(c2ccc3cc(Nc4ncc5c(=O)n6n(c5n4)-c4ccc5c(c4)N(CCCC=CC6)C(=O)CO5)ccc3c2)CC1.CN1CCN(c2ccc3cc(Nc4ncc5c(=O)n6n(c5n4)-c4ccc5c(c4)N(CCCC=CC6)C(=O)CO5)ccc3n2)CC1.CN1CCc2ccc(Nc3ncc4c(=O)n5n(c4n3)-c3cnc4c(c3)N(CCCC=CC5)C(=O)CO4)cc2C1(C)C. The van der Waals surface area contributed by atoms with Crippen LogP contribution in [0.2, 0.25) is 0 Å². The smallest absolute Gasteiger partial charge is 0.278 e. The number of carbonyl (C=O) groups is 3. The number of pyridine rings is 2. The number of nitrogens with one attached hydrogen (secondary N) is 3. The molecule has 6 aromatic carbocycles. The minimum absolute atomic E-state index is 0.0177. The van der Waals surface area contributed by atoms with E-state index in [4.69, 9.17) is 34.1 Å².